The molecular formula is C11H15NO3. The Bertz CT molecular complexity index is 342. The van der Waals surface area contributed by atoms with Gasteiger partial charge >= 0.3 is 0 Å². The summed E-state index contributed by atoms with van der Waals surface area (Å²) in [5.41, 5.74) is 0.874. The van der Waals surface area contributed by atoms with Gasteiger partial charge in [0.2, 0.25) is 0 Å². The molecule has 2 amide bonds. The van der Waals surface area contributed by atoms with Gasteiger partial charge in [-0.1, -0.05) is 0 Å². The van der Waals surface area contributed by atoms with E-state index in [-0.39, 0.29) is 23.8 Å². The Balaban J connectivity index is 2.14. The molecule has 0 aromatic rings. The van der Waals surface area contributed by atoms with Gasteiger partial charge in [0.15, 0.2) is 0 Å². The standard InChI is InChI=1S/C11H15NO3/c1-7-8(2)10(15)12(9(7)14)5-11(6-13)3-4-11/h13H,3-6H2,1-2H3. The van der Waals surface area contributed by atoms with E-state index in [0.717, 1.165) is 12.8 Å². The summed E-state index contributed by atoms with van der Waals surface area (Å²) in [5.74, 6) is -0.394. The first-order valence-corrected chi connectivity index (χ1v) is 5.15. The predicted molar refractivity (Wildman–Crippen MR) is 53.8 cm³/mol. The maximum atomic E-state index is 11.7. The topological polar surface area (TPSA) is 57.6 Å². The molecule has 1 heterocycles. The molecule has 2 aliphatic rings. The number of carbonyl (C=O) groups excluding carboxylic acids is 2. The molecule has 1 saturated carbocycles. The van der Waals surface area contributed by atoms with Crippen LogP contribution >= 0.6 is 0 Å². The summed E-state index contributed by atoms with van der Waals surface area (Å²) in [4.78, 5) is 24.7. The van der Waals surface area contributed by atoms with E-state index in [4.69, 9.17) is 5.11 Å². The first-order chi connectivity index (χ1) is 7.01. The molecule has 0 aromatic heterocycles. The van der Waals surface area contributed by atoms with Crippen LogP contribution in [0.3, 0.4) is 0 Å². The van der Waals surface area contributed by atoms with Crippen molar-refractivity contribution in [3.63, 3.8) is 0 Å². The van der Waals surface area contributed by atoms with E-state index < -0.39 is 0 Å². The SMILES string of the molecule is CC1=C(C)C(=O)N(CC2(CO)CC2)C1=O. The highest BCUT2D eigenvalue weighted by Crippen LogP contribution is 2.46. The lowest BCUT2D eigenvalue weighted by Gasteiger charge is -2.20. The van der Waals surface area contributed by atoms with E-state index in [2.05, 4.69) is 0 Å². The highest BCUT2D eigenvalue weighted by Gasteiger charge is 2.47. The van der Waals surface area contributed by atoms with Gasteiger partial charge in [0.05, 0.1) is 6.61 Å². The van der Waals surface area contributed by atoms with Crippen molar-refractivity contribution in [3.05, 3.63) is 11.1 Å². The Morgan fingerprint density at radius 2 is 1.67 bits per heavy atom. The molecule has 0 bridgehead atoms. The minimum Gasteiger partial charge on any atom is -0.396 e. The first-order valence-electron chi connectivity index (χ1n) is 5.15. The number of aliphatic hydroxyl groups excluding tert-OH is 1. The normalized spacial score (nSPS) is 24.1. The summed E-state index contributed by atoms with van der Waals surface area (Å²) in [6.45, 7) is 3.78. The maximum absolute atomic E-state index is 11.7. The van der Waals surface area contributed by atoms with Crippen LogP contribution < -0.4 is 0 Å². The van der Waals surface area contributed by atoms with Gasteiger partial charge in [-0.15, -0.1) is 0 Å². The van der Waals surface area contributed by atoms with Gasteiger partial charge in [-0.2, -0.15) is 0 Å². The molecule has 4 nitrogen and oxygen atoms in total. The molecule has 0 radical (unpaired) electrons. The van der Waals surface area contributed by atoms with E-state index in [9.17, 15) is 9.59 Å². The van der Waals surface area contributed by atoms with E-state index in [1.54, 1.807) is 13.8 Å². The van der Waals surface area contributed by atoms with Crippen molar-refractivity contribution in [2.24, 2.45) is 5.41 Å². The molecule has 1 fully saturated rings. The van der Waals surface area contributed by atoms with Crippen molar-refractivity contribution >= 4 is 11.8 Å². The summed E-state index contributed by atoms with van der Waals surface area (Å²) >= 11 is 0. The van der Waals surface area contributed by atoms with Crippen molar-refractivity contribution < 1.29 is 14.7 Å². The van der Waals surface area contributed by atoms with E-state index in [1.807, 2.05) is 0 Å². The average molecular weight is 209 g/mol. The van der Waals surface area contributed by atoms with Crippen LogP contribution in [0.5, 0.6) is 0 Å². The lowest BCUT2D eigenvalue weighted by Crippen LogP contribution is -2.37. The van der Waals surface area contributed by atoms with Gasteiger partial charge in [0, 0.05) is 23.1 Å². The number of hydrogen-bond acceptors (Lipinski definition) is 3. The van der Waals surface area contributed by atoms with Crippen LogP contribution in [0.4, 0.5) is 0 Å². The Kier molecular flexibility index (Phi) is 2.19. The van der Waals surface area contributed by atoms with Crippen LogP contribution in [0.25, 0.3) is 0 Å². The maximum Gasteiger partial charge on any atom is 0.256 e. The number of hydrogen-bond donors (Lipinski definition) is 1. The highest BCUT2D eigenvalue weighted by atomic mass is 16.3. The minimum atomic E-state index is -0.198. The number of rotatable bonds is 3. The van der Waals surface area contributed by atoms with Gasteiger partial charge in [0.1, 0.15) is 0 Å². The van der Waals surface area contributed by atoms with Gasteiger partial charge < -0.3 is 5.11 Å². The quantitative estimate of drug-likeness (QED) is 0.687. The van der Waals surface area contributed by atoms with Crippen LogP contribution in [0.1, 0.15) is 26.7 Å². The Morgan fingerprint density at radius 1 is 1.20 bits per heavy atom. The van der Waals surface area contributed by atoms with E-state index >= 15 is 0 Å². The zero-order valence-corrected chi connectivity index (χ0v) is 9.04. The van der Waals surface area contributed by atoms with Crippen molar-refractivity contribution in [2.45, 2.75) is 26.7 Å². The summed E-state index contributed by atoms with van der Waals surface area (Å²) in [6, 6.07) is 0. The van der Waals surface area contributed by atoms with Gasteiger partial charge in [0.25, 0.3) is 11.8 Å². The zero-order chi connectivity index (χ0) is 11.2. The predicted octanol–water partition coefficient (Wildman–Crippen LogP) is 0.464. The third-order valence-electron chi connectivity index (χ3n) is 3.48. The summed E-state index contributed by atoms with van der Waals surface area (Å²) in [7, 11) is 0. The van der Waals surface area contributed by atoms with Crippen LogP contribution in [-0.2, 0) is 9.59 Å². The van der Waals surface area contributed by atoms with Crippen molar-refractivity contribution in [3.8, 4) is 0 Å². The average Bonchev–Trinajstić information content (AvgIpc) is 2.99. The lowest BCUT2D eigenvalue weighted by molar-refractivity contribution is -0.138. The van der Waals surface area contributed by atoms with Crippen molar-refractivity contribution in [1.82, 2.24) is 4.90 Å². The molecule has 4 heteroatoms. The largest absolute Gasteiger partial charge is 0.396 e. The van der Waals surface area contributed by atoms with Crippen LogP contribution in [-0.4, -0.2) is 35.0 Å². The first kappa shape index (κ1) is 10.4. The summed E-state index contributed by atoms with van der Waals surface area (Å²) < 4.78 is 0. The fourth-order valence-corrected chi connectivity index (χ4v) is 1.84. The molecule has 0 spiro atoms. The molecule has 0 saturated heterocycles. The van der Waals surface area contributed by atoms with E-state index in [1.165, 1.54) is 4.90 Å². The van der Waals surface area contributed by atoms with E-state index in [0.29, 0.717) is 17.7 Å². The molecule has 2 rings (SSSR count). The van der Waals surface area contributed by atoms with Gasteiger partial charge in [-0.25, -0.2) is 0 Å². The number of imide groups is 1. The minimum absolute atomic E-state index is 0.0577. The van der Waals surface area contributed by atoms with Crippen molar-refractivity contribution in [2.75, 3.05) is 13.2 Å². The molecule has 0 atom stereocenters. The number of nitrogens with zero attached hydrogens (tertiary/aromatic N) is 1. The smallest absolute Gasteiger partial charge is 0.256 e. The molecule has 15 heavy (non-hydrogen) atoms. The fraction of sp³-hybridized carbons (Fsp3) is 0.636. The van der Waals surface area contributed by atoms with Crippen LogP contribution in [0.2, 0.25) is 0 Å². The molecule has 0 aromatic carbocycles. The zero-order valence-electron chi connectivity index (χ0n) is 9.04. The molecule has 0 unspecified atom stereocenters. The third kappa shape index (κ3) is 1.49. The summed E-state index contributed by atoms with van der Waals surface area (Å²) in [5, 5.41) is 9.16. The summed E-state index contributed by atoms with van der Waals surface area (Å²) in [6.07, 6.45) is 1.80. The molecule has 1 aliphatic heterocycles. The second-order valence-corrected chi connectivity index (χ2v) is 4.60. The van der Waals surface area contributed by atoms with Crippen LogP contribution in [0.15, 0.2) is 11.1 Å². The number of carbonyl (C=O) groups is 2. The number of aliphatic hydroxyl groups is 1. The molecule has 1 aliphatic carbocycles. The number of amides is 2. The Labute approximate surface area is 88.6 Å². The molecule has 1 N–H and O–H groups in total. The fourth-order valence-electron chi connectivity index (χ4n) is 1.84. The van der Waals surface area contributed by atoms with Gasteiger partial charge in [-0.3, -0.25) is 14.5 Å². The molecule has 82 valence electrons. The second-order valence-electron chi connectivity index (χ2n) is 4.60. The van der Waals surface area contributed by atoms with Crippen molar-refractivity contribution in [1.29, 1.82) is 0 Å². The highest BCUT2D eigenvalue weighted by molar-refractivity contribution is 6.18. The monoisotopic (exact) mass is 209 g/mol. The second kappa shape index (κ2) is 3.17. The Morgan fingerprint density at radius 3 is 2.00 bits per heavy atom. The Hall–Kier alpha value is -1.16. The molecular weight excluding hydrogens is 194 g/mol. The third-order valence-corrected chi connectivity index (χ3v) is 3.48. The van der Waals surface area contributed by atoms with Crippen LogP contribution in [0, 0.1) is 5.41 Å². The lowest BCUT2D eigenvalue weighted by atomic mass is 10.1. The van der Waals surface area contributed by atoms with Gasteiger partial charge in [-0.05, 0) is 26.7 Å².